The molecule has 2 saturated carbocycles. The second-order valence-electron chi connectivity index (χ2n) is 9.29. The van der Waals surface area contributed by atoms with Crippen LogP contribution in [-0.4, -0.2) is 50.8 Å². The average Bonchev–Trinajstić information content (AvgIpc) is 3.62. The summed E-state index contributed by atoms with van der Waals surface area (Å²) in [5.41, 5.74) is 1.10. The zero-order chi connectivity index (χ0) is 21.7. The van der Waals surface area contributed by atoms with Crippen molar-refractivity contribution in [3.8, 4) is 0 Å². The average molecular weight is 575 g/mol. The number of carbonyl (C=O) groups excluding carboxylic acids is 1. The molecule has 1 aliphatic heterocycles. The summed E-state index contributed by atoms with van der Waals surface area (Å²) in [7, 11) is 1.81. The summed E-state index contributed by atoms with van der Waals surface area (Å²) in [6.07, 6.45) is 8.10. The lowest BCUT2D eigenvalue weighted by molar-refractivity contribution is -0.126. The van der Waals surface area contributed by atoms with E-state index in [1.807, 2.05) is 19.2 Å². The Kier molecular flexibility index (Phi) is 9.49. The number of hydrogen-bond acceptors (Lipinski definition) is 3. The van der Waals surface area contributed by atoms with Crippen molar-refractivity contribution in [2.75, 3.05) is 26.8 Å². The van der Waals surface area contributed by atoms with Crippen LogP contribution >= 0.6 is 35.6 Å². The van der Waals surface area contributed by atoms with Crippen LogP contribution in [0, 0.1) is 5.92 Å². The highest BCUT2D eigenvalue weighted by atomic mass is 127. The zero-order valence-corrected chi connectivity index (χ0v) is 22.0. The van der Waals surface area contributed by atoms with Gasteiger partial charge in [-0.25, -0.2) is 0 Å². The molecule has 1 aromatic carbocycles. The molecule has 6 nitrogen and oxygen atoms in total. The van der Waals surface area contributed by atoms with Gasteiger partial charge in [-0.05, 0) is 56.6 Å². The summed E-state index contributed by atoms with van der Waals surface area (Å²) in [5.74, 6) is 1.14. The van der Waals surface area contributed by atoms with Crippen molar-refractivity contribution >= 4 is 47.4 Å². The first kappa shape index (κ1) is 25.6. The minimum atomic E-state index is -0.0759. The Morgan fingerprint density at radius 3 is 2.56 bits per heavy atom. The van der Waals surface area contributed by atoms with Crippen LogP contribution < -0.4 is 16.0 Å². The van der Waals surface area contributed by atoms with Gasteiger partial charge in [0.25, 0.3) is 0 Å². The first-order valence-electron chi connectivity index (χ1n) is 11.7. The van der Waals surface area contributed by atoms with Crippen LogP contribution in [0.3, 0.4) is 0 Å². The van der Waals surface area contributed by atoms with Gasteiger partial charge in [0, 0.05) is 55.2 Å². The van der Waals surface area contributed by atoms with E-state index in [-0.39, 0.29) is 47.3 Å². The van der Waals surface area contributed by atoms with Gasteiger partial charge in [0.1, 0.15) is 0 Å². The van der Waals surface area contributed by atoms with Crippen LogP contribution in [-0.2, 0) is 14.9 Å². The number of guanidine groups is 1. The minimum Gasteiger partial charge on any atom is -0.381 e. The molecule has 8 heteroatoms. The number of rotatable bonds is 6. The first-order valence-corrected chi connectivity index (χ1v) is 12.1. The summed E-state index contributed by atoms with van der Waals surface area (Å²) < 4.78 is 5.65. The van der Waals surface area contributed by atoms with E-state index in [1.54, 1.807) is 0 Å². The SMILES string of the molecule is CN=C(NCC1(c2ccccc2Cl)CCOCC1)NC1CCCC(C(=O)NC2CC2)C1.I. The molecule has 0 bridgehead atoms. The Labute approximate surface area is 213 Å². The molecular formula is C24H36ClIN4O2. The Hall–Kier alpha value is -1.06. The van der Waals surface area contributed by atoms with Crippen LogP contribution in [0.2, 0.25) is 5.02 Å². The lowest BCUT2D eigenvalue weighted by Crippen LogP contribution is -2.51. The van der Waals surface area contributed by atoms with E-state index in [1.165, 1.54) is 5.56 Å². The number of nitrogens with zero attached hydrogens (tertiary/aromatic N) is 1. The lowest BCUT2D eigenvalue weighted by atomic mass is 9.74. The molecule has 2 unspecified atom stereocenters. The van der Waals surface area contributed by atoms with Crippen molar-refractivity contribution in [3.05, 3.63) is 34.9 Å². The van der Waals surface area contributed by atoms with E-state index in [2.05, 4.69) is 33.1 Å². The maximum Gasteiger partial charge on any atom is 0.223 e. The molecule has 1 saturated heterocycles. The lowest BCUT2D eigenvalue weighted by Gasteiger charge is -2.39. The maximum atomic E-state index is 12.5. The van der Waals surface area contributed by atoms with Crippen LogP contribution in [0.5, 0.6) is 0 Å². The van der Waals surface area contributed by atoms with Crippen molar-refractivity contribution in [1.29, 1.82) is 0 Å². The molecule has 0 aromatic heterocycles. The normalized spacial score (nSPS) is 25.4. The van der Waals surface area contributed by atoms with Gasteiger partial charge in [0.05, 0.1) is 0 Å². The quantitative estimate of drug-likeness (QED) is 0.273. The molecule has 1 heterocycles. The van der Waals surface area contributed by atoms with Crippen molar-refractivity contribution < 1.29 is 9.53 Å². The minimum absolute atomic E-state index is 0. The van der Waals surface area contributed by atoms with Gasteiger partial charge in [-0.15, -0.1) is 24.0 Å². The van der Waals surface area contributed by atoms with E-state index in [0.717, 1.165) is 82.1 Å². The molecule has 0 spiro atoms. The number of halogens is 2. The molecular weight excluding hydrogens is 539 g/mol. The number of hydrogen-bond donors (Lipinski definition) is 3. The zero-order valence-electron chi connectivity index (χ0n) is 18.9. The number of ether oxygens (including phenoxy) is 1. The molecule has 0 radical (unpaired) electrons. The summed E-state index contributed by atoms with van der Waals surface area (Å²) in [6.45, 7) is 2.22. The smallest absolute Gasteiger partial charge is 0.223 e. The van der Waals surface area contributed by atoms with Gasteiger partial charge in [-0.3, -0.25) is 9.79 Å². The highest BCUT2D eigenvalue weighted by Gasteiger charge is 2.36. The number of carbonyl (C=O) groups is 1. The number of aliphatic imine (C=N–C) groups is 1. The van der Waals surface area contributed by atoms with Gasteiger partial charge < -0.3 is 20.7 Å². The molecule has 2 aliphatic carbocycles. The fourth-order valence-corrected chi connectivity index (χ4v) is 5.28. The van der Waals surface area contributed by atoms with Crippen molar-refractivity contribution in [1.82, 2.24) is 16.0 Å². The Morgan fingerprint density at radius 2 is 1.88 bits per heavy atom. The third kappa shape index (κ3) is 6.50. The molecule has 2 atom stereocenters. The van der Waals surface area contributed by atoms with Crippen LogP contribution in [0.1, 0.15) is 56.9 Å². The predicted molar refractivity (Wildman–Crippen MR) is 140 cm³/mol. The summed E-state index contributed by atoms with van der Waals surface area (Å²) >= 11 is 6.59. The van der Waals surface area contributed by atoms with Gasteiger partial charge in [-0.2, -0.15) is 0 Å². The second kappa shape index (κ2) is 11.9. The van der Waals surface area contributed by atoms with Crippen molar-refractivity contribution in [2.24, 2.45) is 10.9 Å². The topological polar surface area (TPSA) is 74.8 Å². The van der Waals surface area contributed by atoms with Gasteiger partial charge in [0.15, 0.2) is 5.96 Å². The number of nitrogens with one attached hydrogen (secondary N) is 3. The second-order valence-corrected chi connectivity index (χ2v) is 9.69. The number of benzene rings is 1. The molecule has 4 rings (SSSR count). The van der Waals surface area contributed by atoms with Crippen molar-refractivity contribution in [2.45, 2.75) is 68.9 Å². The summed E-state index contributed by atoms with van der Waals surface area (Å²) in [6, 6.07) is 8.83. The van der Waals surface area contributed by atoms with Crippen LogP contribution in [0.4, 0.5) is 0 Å². The van der Waals surface area contributed by atoms with E-state index in [9.17, 15) is 4.79 Å². The molecule has 32 heavy (non-hydrogen) atoms. The fourth-order valence-electron chi connectivity index (χ4n) is 4.94. The summed E-state index contributed by atoms with van der Waals surface area (Å²) in [5, 5.41) is 11.1. The summed E-state index contributed by atoms with van der Waals surface area (Å²) in [4.78, 5) is 17.0. The van der Waals surface area contributed by atoms with E-state index >= 15 is 0 Å². The largest absolute Gasteiger partial charge is 0.381 e. The molecule has 178 valence electrons. The van der Waals surface area contributed by atoms with Crippen LogP contribution in [0.25, 0.3) is 0 Å². The van der Waals surface area contributed by atoms with Crippen LogP contribution in [0.15, 0.2) is 29.3 Å². The highest BCUT2D eigenvalue weighted by Crippen LogP contribution is 2.38. The Balaban J connectivity index is 0.00000289. The third-order valence-corrected chi connectivity index (χ3v) is 7.35. The predicted octanol–water partition coefficient (Wildman–Crippen LogP) is 4.01. The van der Waals surface area contributed by atoms with E-state index < -0.39 is 0 Å². The Bertz CT molecular complexity index is 796. The van der Waals surface area contributed by atoms with Gasteiger partial charge in [-0.1, -0.05) is 36.2 Å². The van der Waals surface area contributed by atoms with E-state index in [0.29, 0.717) is 6.04 Å². The van der Waals surface area contributed by atoms with E-state index in [4.69, 9.17) is 16.3 Å². The molecule has 1 aromatic rings. The third-order valence-electron chi connectivity index (χ3n) is 7.02. The fraction of sp³-hybridized carbons (Fsp3) is 0.667. The Morgan fingerprint density at radius 1 is 1.12 bits per heavy atom. The molecule has 3 aliphatic rings. The number of amides is 1. The monoisotopic (exact) mass is 574 g/mol. The molecule has 3 N–H and O–H groups in total. The standard InChI is InChI=1S/C24H35ClN4O2.HI/c1-26-23(29-19-6-4-5-17(15-19)22(30)28-18-9-10-18)27-16-24(11-13-31-14-12-24)20-7-2-3-8-21(20)25;/h2-3,7-8,17-19H,4-6,9-16H2,1H3,(H,28,30)(H2,26,27,29);1H. The van der Waals surface area contributed by atoms with Gasteiger partial charge in [0.2, 0.25) is 5.91 Å². The highest BCUT2D eigenvalue weighted by molar-refractivity contribution is 14.0. The maximum absolute atomic E-state index is 12.5. The first-order chi connectivity index (χ1) is 15.1. The molecule has 1 amide bonds. The van der Waals surface area contributed by atoms with Crippen molar-refractivity contribution in [3.63, 3.8) is 0 Å². The molecule has 3 fully saturated rings. The van der Waals surface area contributed by atoms with Gasteiger partial charge >= 0.3 is 0 Å².